The maximum absolute atomic E-state index is 13.0. The number of rotatable bonds is 5. The molecule has 0 fully saturated rings. The first-order chi connectivity index (χ1) is 8.58. The number of benzene rings is 1. The molecule has 0 N–H and O–H groups in total. The van der Waals surface area contributed by atoms with Gasteiger partial charge in [0.15, 0.2) is 0 Å². The third kappa shape index (κ3) is 3.74. The van der Waals surface area contributed by atoms with Gasteiger partial charge in [-0.25, -0.2) is 4.39 Å². The molecule has 0 saturated carbocycles. The van der Waals surface area contributed by atoms with E-state index in [1.807, 2.05) is 6.07 Å². The largest absolute Gasteiger partial charge is 0.496 e. The molecule has 1 unspecified atom stereocenters. The lowest BCUT2D eigenvalue weighted by Gasteiger charge is -2.11. The van der Waals surface area contributed by atoms with Crippen LogP contribution in [0.25, 0.3) is 0 Å². The highest BCUT2D eigenvalue weighted by atomic mass is 19.1. The Labute approximate surface area is 105 Å². The minimum absolute atomic E-state index is 0.0739. The first-order valence-corrected chi connectivity index (χ1v) is 5.44. The molecule has 0 amide bonds. The van der Waals surface area contributed by atoms with Gasteiger partial charge < -0.3 is 9.47 Å². The van der Waals surface area contributed by atoms with Crippen molar-refractivity contribution in [3.8, 4) is 11.8 Å². The maximum Gasteiger partial charge on any atom is 0.310 e. The second kappa shape index (κ2) is 6.60. The number of hydrogen-bond acceptors (Lipinski definition) is 4. The van der Waals surface area contributed by atoms with Crippen LogP contribution in [-0.4, -0.2) is 13.1 Å². The summed E-state index contributed by atoms with van der Waals surface area (Å²) in [6.07, 6.45) is 0.0963. The number of carbonyl (C=O) groups is 1. The number of hydrogen-bond donors (Lipinski definition) is 0. The van der Waals surface area contributed by atoms with Crippen molar-refractivity contribution >= 4 is 5.97 Å². The number of esters is 1. The average molecular weight is 251 g/mol. The lowest BCUT2D eigenvalue weighted by Crippen LogP contribution is -2.14. The van der Waals surface area contributed by atoms with E-state index in [1.165, 1.54) is 25.3 Å². The zero-order valence-corrected chi connectivity index (χ0v) is 10.3. The summed E-state index contributed by atoms with van der Waals surface area (Å²) in [5.41, 5.74) is 0.454. The SMILES string of the molecule is COc1ccc(F)cc1COC(=O)C(C)CC#N. The molecule has 1 aromatic rings. The van der Waals surface area contributed by atoms with Gasteiger partial charge in [-0.05, 0) is 18.2 Å². The van der Waals surface area contributed by atoms with Crippen LogP contribution < -0.4 is 4.74 Å². The number of ether oxygens (including phenoxy) is 2. The summed E-state index contributed by atoms with van der Waals surface area (Å²) in [7, 11) is 1.46. The van der Waals surface area contributed by atoms with E-state index in [9.17, 15) is 9.18 Å². The molecule has 1 aromatic carbocycles. The molecule has 0 aromatic heterocycles. The third-order valence-corrected chi connectivity index (χ3v) is 2.41. The molecule has 0 bridgehead atoms. The zero-order chi connectivity index (χ0) is 13.5. The van der Waals surface area contributed by atoms with E-state index in [2.05, 4.69) is 0 Å². The van der Waals surface area contributed by atoms with Gasteiger partial charge in [0.1, 0.15) is 18.2 Å². The molecule has 18 heavy (non-hydrogen) atoms. The number of carbonyl (C=O) groups excluding carboxylic acids is 1. The summed E-state index contributed by atoms with van der Waals surface area (Å²) in [6.45, 7) is 1.53. The van der Waals surface area contributed by atoms with E-state index in [1.54, 1.807) is 6.92 Å². The van der Waals surface area contributed by atoms with E-state index in [-0.39, 0.29) is 13.0 Å². The molecule has 0 aliphatic rings. The van der Waals surface area contributed by atoms with Crippen molar-refractivity contribution in [3.63, 3.8) is 0 Å². The quantitative estimate of drug-likeness (QED) is 0.754. The summed E-state index contributed by atoms with van der Waals surface area (Å²) in [4.78, 5) is 11.5. The molecule has 96 valence electrons. The lowest BCUT2D eigenvalue weighted by molar-refractivity contribution is -0.149. The van der Waals surface area contributed by atoms with Crippen LogP contribution in [0, 0.1) is 23.1 Å². The van der Waals surface area contributed by atoms with Gasteiger partial charge in [-0.3, -0.25) is 4.79 Å². The van der Waals surface area contributed by atoms with Gasteiger partial charge >= 0.3 is 5.97 Å². The summed E-state index contributed by atoms with van der Waals surface area (Å²) < 4.78 is 23.1. The van der Waals surface area contributed by atoms with E-state index < -0.39 is 17.7 Å². The van der Waals surface area contributed by atoms with E-state index in [0.717, 1.165) is 0 Å². The molecule has 0 radical (unpaired) electrons. The molecular formula is C13H14FNO3. The molecule has 0 aliphatic heterocycles. The predicted molar refractivity (Wildman–Crippen MR) is 62.1 cm³/mol. The predicted octanol–water partition coefficient (Wildman–Crippen LogP) is 2.43. The Kier molecular flexibility index (Phi) is 5.12. The Hall–Kier alpha value is -2.09. The zero-order valence-electron chi connectivity index (χ0n) is 10.3. The first kappa shape index (κ1) is 14.0. The fourth-order valence-corrected chi connectivity index (χ4v) is 1.37. The lowest BCUT2D eigenvalue weighted by atomic mass is 10.1. The van der Waals surface area contributed by atoms with Crippen LogP contribution in [0.3, 0.4) is 0 Å². The highest BCUT2D eigenvalue weighted by Crippen LogP contribution is 2.20. The minimum atomic E-state index is -0.491. The maximum atomic E-state index is 13.0. The van der Waals surface area contributed by atoms with Gasteiger partial charge in [-0.2, -0.15) is 5.26 Å². The van der Waals surface area contributed by atoms with Gasteiger partial charge in [-0.1, -0.05) is 6.92 Å². The minimum Gasteiger partial charge on any atom is -0.496 e. The van der Waals surface area contributed by atoms with E-state index in [4.69, 9.17) is 14.7 Å². The van der Waals surface area contributed by atoms with Crippen molar-refractivity contribution in [3.05, 3.63) is 29.6 Å². The Morgan fingerprint density at radius 3 is 2.89 bits per heavy atom. The normalized spacial score (nSPS) is 11.4. The second-order valence-electron chi connectivity index (χ2n) is 3.83. The van der Waals surface area contributed by atoms with Crippen molar-refractivity contribution in [1.29, 1.82) is 5.26 Å². The van der Waals surface area contributed by atoms with Gasteiger partial charge in [0, 0.05) is 12.0 Å². The fourth-order valence-electron chi connectivity index (χ4n) is 1.37. The van der Waals surface area contributed by atoms with Crippen molar-refractivity contribution in [2.45, 2.75) is 20.0 Å². The number of methoxy groups -OCH3 is 1. The fraction of sp³-hybridized carbons (Fsp3) is 0.385. The van der Waals surface area contributed by atoms with Crippen molar-refractivity contribution in [2.24, 2.45) is 5.92 Å². The molecule has 0 heterocycles. The Morgan fingerprint density at radius 2 is 2.28 bits per heavy atom. The summed E-state index contributed by atoms with van der Waals surface area (Å²) in [5.74, 6) is -0.943. The number of nitriles is 1. The summed E-state index contributed by atoms with van der Waals surface area (Å²) in [5, 5.41) is 8.46. The van der Waals surface area contributed by atoms with Crippen molar-refractivity contribution in [2.75, 3.05) is 7.11 Å². The molecule has 0 spiro atoms. The summed E-state index contributed by atoms with van der Waals surface area (Å²) >= 11 is 0. The molecular weight excluding hydrogens is 237 g/mol. The van der Waals surface area contributed by atoms with Crippen molar-refractivity contribution < 1.29 is 18.7 Å². The highest BCUT2D eigenvalue weighted by Gasteiger charge is 2.15. The van der Waals surface area contributed by atoms with Crippen LogP contribution in [0.5, 0.6) is 5.75 Å². The first-order valence-electron chi connectivity index (χ1n) is 5.44. The second-order valence-corrected chi connectivity index (χ2v) is 3.83. The van der Waals surface area contributed by atoms with Gasteiger partial charge in [0.05, 0.1) is 19.1 Å². The van der Waals surface area contributed by atoms with E-state index >= 15 is 0 Å². The molecule has 5 heteroatoms. The molecule has 1 atom stereocenters. The topological polar surface area (TPSA) is 59.3 Å². The van der Waals surface area contributed by atoms with E-state index in [0.29, 0.717) is 11.3 Å². The standard InChI is InChI=1S/C13H14FNO3/c1-9(5-6-15)13(16)18-8-10-7-11(14)3-4-12(10)17-2/h3-4,7,9H,5,8H2,1-2H3. The molecule has 0 aliphatic carbocycles. The number of nitrogens with zero attached hydrogens (tertiary/aromatic N) is 1. The van der Waals surface area contributed by atoms with Gasteiger partial charge in [0.2, 0.25) is 0 Å². The average Bonchev–Trinajstić information content (AvgIpc) is 2.36. The van der Waals surface area contributed by atoms with Crippen molar-refractivity contribution in [1.82, 2.24) is 0 Å². The number of halogens is 1. The van der Waals surface area contributed by atoms with Crippen LogP contribution in [0.4, 0.5) is 4.39 Å². The Balaban J connectivity index is 2.66. The van der Waals surface area contributed by atoms with Crippen LogP contribution in [0.15, 0.2) is 18.2 Å². The molecule has 1 rings (SSSR count). The Morgan fingerprint density at radius 1 is 1.56 bits per heavy atom. The van der Waals surface area contributed by atoms with Gasteiger partial charge in [-0.15, -0.1) is 0 Å². The molecule has 4 nitrogen and oxygen atoms in total. The van der Waals surface area contributed by atoms with Crippen LogP contribution in [0.1, 0.15) is 18.9 Å². The smallest absolute Gasteiger partial charge is 0.310 e. The monoisotopic (exact) mass is 251 g/mol. The van der Waals surface area contributed by atoms with Gasteiger partial charge in [0.25, 0.3) is 0 Å². The third-order valence-electron chi connectivity index (χ3n) is 2.41. The van der Waals surface area contributed by atoms with Crippen LogP contribution in [-0.2, 0) is 16.1 Å². The summed E-state index contributed by atoms with van der Waals surface area (Å²) in [6, 6.07) is 5.88. The van der Waals surface area contributed by atoms with Crippen LogP contribution in [0.2, 0.25) is 0 Å². The highest BCUT2D eigenvalue weighted by molar-refractivity contribution is 5.72. The Bertz CT molecular complexity index is 468. The molecule has 0 saturated heterocycles. The van der Waals surface area contributed by atoms with Crippen LogP contribution >= 0.6 is 0 Å².